The molecule has 0 amide bonds. The largest absolute Gasteiger partial charge is 0.371 e. The summed E-state index contributed by atoms with van der Waals surface area (Å²) in [6.45, 7) is 2.94. The van der Waals surface area contributed by atoms with Crippen LogP contribution in [0.25, 0.3) is 0 Å². The molecule has 4 heteroatoms. The van der Waals surface area contributed by atoms with Gasteiger partial charge in [-0.3, -0.25) is 0 Å². The molecule has 110 valence electrons. The van der Waals surface area contributed by atoms with Gasteiger partial charge < -0.3 is 10.2 Å². The molecule has 0 aromatic heterocycles. The summed E-state index contributed by atoms with van der Waals surface area (Å²) in [5, 5.41) is 3.48. The van der Waals surface area contributed by atoms with Gasteiger partial charge in [-0.15, -0.1) is 0 Å². The highest BCUT2D eigenvalue weighted by Gasteiger charge is 2.21. The van der Waals surface area contributed by atoms with E-state index in [1.807, 2.05) is 0 Å². The van der Waals surface area contributed by atoms with Crippen molar-refractivity contribution in [3.63, 3.8) is 0 Å². The van der Waals surface area contributed by atoms with Crippen LogP contribution in [0, 0.1) is 11.6 Å². The summed E-state index contributed by atoms with van der Waals surface area (Å²) >= 11 is 0. The number of rotatable bonds is 3. The maximum atomic E-state index is 13.6. The van der Waals surface area contributed by atoms with Gasteiger partial charge in [0.25, 0.3) is 0 Å². The summed E-state index contributed by atoms with van der Waals surface area (Å²) in [4.78, 5) is 2.20. The van der Waals surface area contributed by atoms with E-state index in [0.717, 1.165) is 56.6 Å². The molecule has 1 N–H and O–H groups in total. The summed E-state index contributed by atoms with van der Waals surface area (Å²) in [5.41, 5.74) is 1.85. The Morgan fingerprint density at radius 1 is 1.05 bits per heavy atom. The Hall–Kier alpha value is -1.16. The zero-order valence-electron chi connectivity index (χ0n) is 11.8. The average Bonchev–Trinajstić information content (AvgIpc) is 2.98. The van der Waals surface area contributed by atoms with E-state index in [0.29, 0.717) is 6.04 Å². The molecule has 0 bridgehead atoms. The van der Waals surface area contributed by atoms with Crippen molar-refractivity contribution in [3.8, 4) is 0 Å². The maximum Gasteiger partial charge on any atom is 0.160 e. The van der Waals surface area contributed by atoms with Crippen LogP contribution in [0.3, 0.4) is 0 Å². The molecule has 1 unspecified atom stereocenters. The molecule has 0 saturated carbocycles. The molecule has 2 aliphatic heterocycles. The van der Waals surface area contributed by atoms with E-state index in [1.54, 1.807) is 0 Å². The Bertz CT molecular complexity index is 464. The Labute approximate surface area is 119 Å². The van der Waals surface area contributed by atoms with Gasteiger partial charge in [-0.1, -0.05) is 6.42 Å². The predicted octanol–water partition coefficient (Wildman–Crippen LogP) is 3.25. The minimum Gasteiger partial charge on any atom is -0.371 e. The van der Waals surface area contributed by atoms with E-state index in [4.69, 9.17) is 0 Å². The number of anilines is 1. The van der Waals surface area contributed by atoms with Crippen molar-refractivity contribution in [2.75, 3.05) is 24.5 Å². The first-order chi connectivity index (χ1) is 9.74. The van der Waals surface area contributed by atoms with Crippen LogP contribution in [0.4, 0.5) is 14.5 Å². The van der Waals surface area contributed by atoms with E-state index in [1.165, 1.54) is 25.0 Å². The number of halogens is 2. The first-order valence-corrected chi connectivity index (χ1v) is 7.70. The standard InChI is InChI=1S/C16H22F2N2/c17-14-10-12(9-13-5-1-2-6-19-13)16(11-15(14)18)20-7-3-4-8-20/h10-11,13,19H,1-9H2. The van der Waals surface area contributed by atoms with Crippen LogP contribution in [0.5, 0.6) is 0 Å². The molecule has 2 aliphatic rings. The lowest BCUT2D eigenvalue weighted by Gasteiger charge is -2.27. The highest BCUT2D eigenvalue weighted by atomic mass is 19.2. The molecule has 1 atom stereocenters. The minimum atomic E-state index is -0.729. The molecule has 1 aromatic carbocycles. The van der Waals surface area contributed by atoms with Crippen LogP contribution >= 0.6 is 0 Å². The summed E-state index contributed by atoms with van der Waals surface area (Å²) in [6.07, 6.45) is 6.63. The number of benzene rings is 1. The van der Waals surface area contributed by atoms with Gasteiger partial charge in [0.2, 0.25) is 0 Å². The molecule has 2 saturated heterocycles. The first kappa shape index (κ1) is 13.8. The number of hydrogen-bond donors (Lipinski definition) is 1. The number of hydrogen-bond acceptors (Lipinski definition) is 2. The molecule has 2 heterocycles. The molecular weight excluding hydrogens is 258 g/mol. The minimum absolute atomic E-state index is 0.398. The molecule has 0 radical (unpaired) electrons. The van der Waals surface area contributed by atoms with Crippen LogP contribution < -0.4 is 10.2 Å². The highest BCUT2D eigenvalue weighted by molar-refractivity contribution is 5.55. The summed E-state index contributed by atoms with van der Waals surface area (Å²) < 4.78 is 27.2. The zero-order valence-corrected chi connectivity index (χ0v) is 11.8. The van der Waals surface area contributed by atoms with Gasteiger partial charge in [0, 0.05) is 30.9 Å². The monoisotopic (exact) mass is 280 g/mol. The third-order valence-corrected chi connectivity index (χ3v) is 4.45. The number of nitrogens with one attached hydrogen (secondary N) is 1. The van der Waals surface area contributed by atoms with Crippen molar-refractivity contribution in [1.82, 2.24) is 5.32 Å². The summed E-state index contributed by atoms with van der Waals surface area (Å²) in [6, 6.07) is 3.19. The fourth-order valence-electron chi connectivity index (χ4n) is 3.36. The van der Waals surface area contributed by atoms with Gasteiger partial charge in [0.1, 0.15) is 0 Å². The van der Waals surface area contributed by atoms with Gasteiger partial charge in [-0.2, -0.15) is 0 Å². The fourth-order valence-corrected chi connectivity index (χ4v) is 3.36. The second-order valence-corrected chi connectivity index (χ2v) is 5.94. The van der Waals surface area contributed by atoms with Crippen LogP contribution in [-0.4, -0.2) is 25.7 Å². The third-order valence-electron chi connectivity index (χ3n) is 4.45. The van der Waals surface area contributed by atoms with Gasteiger partial charge >= 0.3 is 0 Å². The molecule has 0 spiro atoms. The van der Waals surface area contributed by atoms with Gasteiger partial charge in [0.05, 0.1) is 0 Å². The van der Waals surface area contributed by atoms with Crippen molar-refractivity contribution in [1.29, 1.82) is 0 Å². The van der Waals surface area contributed by atoms with E-state index >= 15 is 0 Å². The Morgan fingerprint density at radius 2 is 1.80 bits per heavy atom. The maximum absolute atomic E-state index is 13.6. The van der Waals surface area contributed by atoms with Crippen LogP contribution in [0.15, 0.2) is 12.1 Å². The van der Waals surface area contributed by atoms with Crippen LogP contribution in [-0.2, 0) is 6.42 Å². The van der Waals surface area contributed by atoms with Crippen molar-refractivity contribution >= 4 is 5.69 Å². The molecule has 2 nitrogen and oxygen atoms in total. The normalized spacial score (nSPS) is 23.3. The fraction of sp³-hybridized carbons (Fsp3) is 0.625. The number of piperidine rings is 1. The van der Waals surface area contributed by atoms with E-state index in [9.17, 15) is 8.78 Å². The number of nitrogens with zero attached hydrogens (tertiary/aromatic N) is 1. The van der Waals surface area contributed by atoms with Crippen LogP contribution in [0.1, 0.15) is 37.7 Å². The van der Waals surface area contributed by atoms with E-state index in [-0.39, 0.29) is 0 Å². The van der Waals surface area contributed by atoms with Crippen LogP contribution in [0.2, 0.25) is 0 Å². The molecule has 3 rings (SSSR count). The molecule has 20 heavy (non-hydrogen) atoms. The summed E-state index contributed by atoms with van der Waals surface area (Å²) in [7, 11) is 0. The topological polar surface area (TPSA) is 15.3 Å². The Morgan fingerprint density at radius 3 is 2.50 bits per heavy atom. The van der Waals surface area contributed by atoms with Crippen molar-refractivity contribution < 1.29 is 8.78 Å². The first-order valence-electron chi connectivity index (χ1n) is 7.70. The van der Waals surface area contributed by atoms with E-state index in [2.05, 4.69) is 10.2 Å². The lowest BCUT2D eigenvalue weighted by atomic mass is 9.96. The Balaban J connectivity index is 1.84. The predicted molar refractivity (Wildman–Crippen MR) is 77.2 cm³/mol. The highest BCUT2D eigenvalue weighted by Crippen LogP contribution is 2.29. The lowest BCUT2D eigenvalue weighted by molar-refractivity contribution is 0.398. The second-order valence-electron chi connectivity index (χ2n) is 5.94. The van der Waals surface area contributed by atoms with Gasteiger partial charge in [0.15, 0.2) is 11.6 Å². The Kier molecular flexibility index (Phi) is 4.20. The third kappa shape index (κ3) is 2.95. The smallest absolute Gasteiger partial charge is 0.160 e. The average molecular weight is 280 g/mol. The molecule has 1 aromatic rings. The van der Waals surface area contributed by atoms with Crippen molar-refractivity contribution in [2.45, 2.75) is 44.6 Å². The van der Waals surface area contributed by atoms with Crippen molar-refractivity contribution in [3.05, 3.63) is 29.3 Å². The second kappa shape index (κ2) is 6.08. The molecule has 0 aliphatic carbocycles. The van der Waals surface area contributed by atoms with E-state index < -0.39 is 11.6 Å². The summed E-state index contributed by atoms with van der Waals surface area (Å²) in [5.74, 6) is -1.45. The van der Waals surface area contributed by atoms with Gasteiger partial charge in [-0.05, 0) is 50.3 Å². The lowest BCUT2D eigenvalue weighted by Crippen LogP contribution is -2.36. The van der Waals surface area contributed by atoms with Crippen molar-refractivity contribution in [2.24, 2.45) is 0 Å². The molecular formula is C16H22F2N2. The zero-order chi connectivity index (χ0) is 13.9. The molecule has 2 fully saturated rings. The quantitative estimate of drug-likeness (QED) is 0.914. The van der Waals surface area contributed by atoms with Gasteiger partial charge in [-0.25, -0.2) is 8.78 Å². The SMILES string of the molecule is Fc1cc(CC2CCCCN2)c(N2CCCC2)cc1F.